The van der Waals surface area contributed by atoms with Crippen molar-refractivity contribution in [2.24, 2.45) is 0 Å². The predicted octanol–water partition coefficient (Wildman–Crippen LogP) is 3.88. The molecule has 2 N–H and O–H groups in total. The predicted molar refractivity (Wildman–Crippen MR) is 81.0 cm³/mol. The van der Waals surface area contributed by atoms with E-state index in [1.54, 1.807) is 20.8 Å². The number of benzene rings is 1. The number of amides is 1. The smallest absolute Gasteiger partial charge is 0.416 e. The number of alkyl halides is 3. The third-order valence-corrected chi connectivity index (χ3v) is 2.93. The number of ether oxygens (including phenoxy) is 1. The van der Waals surface area contributed by atoms with E-state index in [0.717, 1.165) is 12.1 Å². The SMILES string of the molecule is CC(C)(C)OC(=O)NC(Cc1cc(Cl)cc(C(F)(F)F)c1)C(=O)O. The summed E-state index contributed by atoms with van der Waals surface area (Å²) >= 11 is 5.65. The van der Waals surface area contributed by atoms with Gasteiger partial charge in [0.05, 0.1) is 5.56 Å². The number of halogens is 4. The molecule has 1 aromatic carbocycles. The number of hydrogen-bond acceptors (Lipinski definition) is 3. The highest BCUT2D eigenvalue weighted by molar-refractivity contribution is 6.30. The summed E-state index contributed by atoms with van der Waals surface area (Å²) in [5.41, 5.74) is -1.81. The third-order valence-electron chi connectivity index (χ3n) is 2.71. The number of hydrogen-bond donors (Lipinski definition) is 2. The monoisotopic (exact) mass is 367 g/mol. The molecule has 0 saturated heterocycles. The van der Waals surface area contributed by atoms with Gasteiger partial charge in [0.25, 0.3) is 0 Å². The lowest BCUT2D eigenvalue weighted by Crippen LogP contribution is -2.44. The molecule has 0 heterocycles. The Balaban J connectivity index is 2.96. The first-order chi connectivity index (χ1) is 10.8. The molecular formula is C15H17ClF3NO4. The number of rotatable bonds is 4. The van der Waals surface area contributed by atoms with Gasteiger partial charge in [0, 0.05) is 11.4 Å². The van der Waals surface area contributed by atoms with Crippen molar-refractivity contribution in [3.63, 3.8) is 0 Å². The number of alkyl carbamates (subject to hydrolysis) is 1. The van der Waals surface area contributed by atoms with E-state index < -0.39 is 35.4 Å². The number of carbonyl (C=O) groups excluding carboxylic acids is 1. The fraction of sp³-hybridized carbons (Fsp3) is 0.467. The van der Waals surface area contributed by atoms with Crippen LogP contribution in [0.4, 0.5) is 18.0 Å². The zero-order chi connectivity index (χ0) is 18.7. The summed E-state index contributed by atoms with van der Waals surface area (Å²) in [4.78, 5) is 22.9. The fourth-order valence-corrected chi connectivity index (χ4v) is 2.08. The maximum atomic E-state index is 12.8. The zero-order valence-corrected chi connectivity index (χ0v) is 14.0. The van der Waals surface area contributed by atoms with Gasteiger partial charge in [-0.05, 0) is 44.5 Å². The summed E-state index contributed by atoms with van der Waals surface area (Å²) in [6.45, 7) is 4.78. The Bertz CT molecular complexity index is 626. The van der Waals surface area contributed by atoms with Crippen LogP contribution in [0.3, 0.4) is 0 Å². The van der Waals surface area contributed by atoms with E-state index >= 15 is 0 Å². The maximum Gasteiger partial charge on any atom is 0.416 e. The fourth-order valence-electron chi connectivity index (χ4n) is 1.82. The molecular weight excluding hydrogens is 351 g/mol. The molecule has 1 rings (SSSR count). The van der Waals surface area contributed by atoms with Crippen LogP contribution in [-0.4, -0.2) is 28.8 Å². The number of aliphatic carboxylic acids is 1. The minimum absolute atomic E-state index is 0.0262. The van der Waals surface area contributed by atoms with Crippen LogP contribution in [0.1, 0.15) is 31.9 Å². The van der Waals surface area contributed by atoms with Crippen LogP contribution in [-0.2, 0) is 22.1 Å². The van der Waals surface area contributed by atoms with E-state index in [2.05, 4.69) is 5.32 Å². The molecule has 1 aromatic rings. The molecule has 0 saturated carbocycles. The van der Waals surface area contributed by atoms with Gasteiger partial charge in [0.2, 0.25) is 0 Å². The second-order valence-corrected chi connectivity index (χ2v) is 6.52. The van der Waals surface area contributed by atoms with Crippen molar-refractivity contribution in [1.82, 2.24) is 5.32 Å². The van der Waals surface area contributed by atoms with E-state index in [9.17, 15) is 22.8 Å². The van der Waals surface area contributed by atoms with Gasteiger partial charge in [-0.3, -0.25) is 0 Å². The molecule has 0 aliphatic carbocycles. The molecule has 5 nitrogen and oxygen atoms in total. The molecule has 0 spiro atoms. The molecule has 0 bridgehead atoms. The highest BCUT2D eigenvalue weighted by Gasteiger charge is 2.32. The lowest BCUT2D eigenvalue weighted by molar-refractivity contribution is -0.139. The van der Waals surface area contributed by atoms with Gasteiger partial charge in [-0.15, -0.1) is 0 Å². The lowest BCUT2D eigenvalue weighted by atomic mass is 10.0. The molecule has 1 unspecified atom stereocenters. The summed E-state index contributed by atoms with van der Waals surface area (Å²) in [5.74, 6) is -1.41. The van der Waals surface area contributed by atoms with Crippen LogP contribution in [0, 0.1) is 0 Å². The highest BCUT2D eigenvalue weighted by Crippen LogP contribution is 2.32. The van der Waals surface area contributed by atoms with E-state index in [4.69, 9.17) is 21.4 Å². The van der Waals surface area contributed by atoms with Gasteiger partial charge in [0.15, 0.2) is 0 Å². The Morgan fingerprint density at radius 1 is 1.25 bits per heavy atom. The molecule has 9 heteroatoms. The van der Waals surface area contributed by atoms with Gasteiger partial charge in [-0.1, -0.05) is 11.6 Å². The molecule has 134 valence electrons. The molecule has 24 heavy (non-hydrogen) atoms. The Hall–Kier alpha value is -1.96. The van der Waals surface area contributed by atoms with Crippen molar-refractivity contribution in [3.05, 3.63) is 34.3 Å². The number of nitrogens with one attached hydrogen (secondary N) is 1. The minimum atomic E-state index is -4.61. The Morgan fingerprint density at radius 2 is 1.83 bits per heavy atom. The second-order valence-electron chi connectivity index (χ2n) is 6.09. The van der Waals surface area contributed by atoms with Crippen molar-refractivity contribution >= 4 is 23.7 Å². The van der Waals surface area contributed by atoms with E-state index in [-0.39, 0.29) is 17.0 Å². The van der Waals surface area contributed by atoms with Crippen molar-refractivity contribution in [2.45, 2.75) is 45.0 Å². The molecule has 0 aliphatic heterocycles. The van der Waals surface area contributed by atoms with Gasteiger partial charge >= 0.3 is 18.2 Å². The van der Waals surface area contributed by atoms with Crippen molar-refractivity contribution < 1.29 is 32.6 Å². The van der Waals surface area contributed by atoms with Crippen molar-refractivity contribution in [3.8, 4) is 0 Å². The van der Waals surface area contributed by atoms with Crippen LogP contribution in [0.15, 0.2) is 18.2 Å². The molecule has 0 fully saturated rings. The number of carbonyl (C=O) groups is 2. The van der Waals surface area contributed by atoms with Gasteiger partial charge < -0.3 is 15.2 Å². The largest absolute Gasteiger partial charge is 0.480 e. The first-order valence-corrected chi connectivity index (χ1v) is 7.25. The third kappa shape index (κ3) is 6.66. The first kappa shape index (κ1) is 20.1. The highest BCUT2D eigenvalue weighted by atomic mass is 35.5. The summed E-state index contributed by atoms with van der Waals surface area (Å²) in [6.07, 6.45) is -5.97. The summed E-state index contributed by atoms with van der Waals surface area (Å²) < 4.78 is 43.3. The minimum Gasteiger partial charge on any atom is -0.480 e. The summed E-state index contributed by atoms with van der Waals surface area (Å²) in [7, 11) is 0. The molecule has 1 atom stereocenters. The average molecular weight is 368 g/mol. The summed E-state index contributed by atoms with van der Waals surface area (Å²) in [5, 5.41) is 11.1. The van der Waals surface area contributed by atoms with E-state index in [1.807, 2.05) is 0 Å². The topological polar surface area (TPSA) is 75.6 Å². The Kier molecular flexibility index (Phi) is 6.10. The van der Waals surface area contributed by atoms with E-state index in [1.165, 1.54) is 6.07 Å². The Morgan fingerprint density at radius 3 is 2.29 bits per heavy atom. The second kappa shape index (κ2) is 7.29. The zero-order valence-electron chi connectivity index (χ0n) is 13.2. The Labute approximate surface area is 141 Å². The molecule has 0 aliphatic rings. The summed E-state index contributed by atoms with van der Waals surface area (Å²) in [6, 6.07) is 1.28. The van der Waals surface area contributed by atoms with E-state index in [0.29, 0.717) is 0 Å². The van der Waals surface area contributed by atoms with Crippen LogP contribution in [0.2, 0.25) is 5.02 Å². The standard InChI is InChI=1S/C15H17ClF3NO4/c1-14(2,3)24-13(23)20-11(12(21)22)6-8-4-9(15(17,18)19)7-10(16)5-8/h4-5,7,11H,6H2,1-3H3,(H,20,23)(H,21,22). The van der Waals surface area contributed by atoms with Gasteiger partial charge in [-0.25, -0.2) is 9.59 Å². The van der Waals surface area contributed by atoms with Gasteiger partial charge in [-0.2, -0.15) is 13.2 Å². The van der Waals surface area contributed by atoms with Crippen LogP contribution < -0.4 is 5.32 Å². The van der Waals surface area contributed by atoms with Crippen molar-refractivity contribution in [2.75, 3.05) is 0 Å². The molecule has 0 radical (unpaired) electrons. The number of carboxylic acids is 1. The average Bonchev–Trinajstić information content (AvgIpc) is 2.33. The molecule has 0 aromatic heterocycles. The maximum absolute atomic E-state index is 12.8. The number of carboxylic acid groups (broad SMARTS) is 1. The normalized spacial score (nSPS) is 13.3. The molecule has 1 amide bonds. The van der Waals surface area contributed by atoms with Crippen LogP contribution in [0.25, 0.3) is 0 Å². The van der Waals surface area contributed by atoms with Gasteiger partial charge in [0.1, 0.15) is 11.6 Å². The quantitative estimate of drug-likeness (QED) is 0.846. The van der Waals surface area contributed by atoms with Crippen LogP contribution >= 0.6 is 11.6 Å². The first-order valence-electron chi connectivity index (χ1n) is 6.87. The van der Waals surface area contributed by atoms with Crippen LogP contribution in [0.5, 0.6) is 0 Å². The lowest BCUT2D eigenvalue weighted by Gasteiger charge is -2.22. The van der Waals surface area contributed by atoms with Crippen molar-refractivity contribution in [1.29, 1.82) is 0 Å².